The summed E-state index contributed by atoms with van der Waals surface area (Å²) in [5, 5.41) is 8.24. The summed E-state index contributed by atoms with van der Waals surface area (Å²) in [5.74, 6) is -0.436. The number of nitrogens with zero attached hydrogens (tertiary/aromatic N) is 4. The number of halogens is 3. The maximum atomic E-state index is 14.0. The summed E-state index contributed by atoms with van der Waals surface area (Å²) in [6, 6.07) is 20.3. The Labute approximate surface area is 199 Å². The molecule has 0 amide bonds. The lowest BCUT2D eigenvalue weighted by Crippen LogP contribution is -2.36. The minimum Gasteiger partial charge on any atom is -0.404 e. The first-order chi connectivity index (χ1) is 16.7. The van der Waals surface area contributed by atoms with Crippen LogP contribution in [-0.2, 0) is 23.0 Å². The Morgan fingerprint density at radius 2 is 1.63 bits per heavy atom. The highest BCUT2D eigenvalue weighted by atomic mass is 32.2. The van der Waals surface area contributed by atoms with Gasteiger partial charge in [-0.3, -0.25) is 4.57 Å². The van der Waals surface area contributed by atoms with Crippen LogP contribution in [0.3, 0.4) is 0 Å². The quantitative estimate of drug-likeness (QED) is 0.399. The molecule has 3 aromatic carbocycles. The predicted molar refractivity (Wildman–Crippen MR) is 120 cm³/mol. The standard InChI is InChI=1S/C24H19F3N4O3S/c25-24(26,27)34-21-12-6-7-13-22(21)35(32,33)31-15-18-10-4-5-11-19(18)30-16-28-29-23(30)20(31)14-17-8-2-1-3-9-17/h1-13,16,20H,14-15H2. The molecule has 1 aliphatic rings. The monoisotopic (exact) mass is 500 g/mol. The molecule has 0 spiro atoms. The predicted octanol–water partition coefficient (Wildman–Crippen LogP) is 4.65. The molecule has 1 unspecified atom stereocenters. The van der Waals surface area contributed by atoms with Gasteiger partial charge in [-0.1, -0.05) is 60.7 Å². The molecule has 0 aliphatic carbocycles. The zero-order valence-corrected chi connectivity index (χ0v) is 18.9. The van der Waals surface area contributed by atoms with Crippen molar-refractivity contribution in [3.05, 3.63) is 102 Å². The molecule has 1 aliphatic heterocycles. The lowest BCUT2D eigenvalue weighted by atomic mass is 10.1. The van der Waals surface area contributed by atoms with Crippen LogP contribution in [0, 0.1) is 0 Å². The number of aromatic nitrogens is 3. The molecule has 0 saturated heterocycles. The molecule has 0 bridgehead atoms. The van der Waals surface area contributed by atoms with Crippen molar-refractivity contribution in [1.29, 1.82) is 0 Å². The second-order valence-corrected chi connectivity index (χ2v) is 9.80. The van der Waals surface area contributed by atoms with E-state index in [1.165, 1.54) is 22.8 Å². The fraction of sp³-hybridized carbons (Fsp3) is 0.167. The van der Waals surface area contributed by atoms with Crippen molar-refractivity contribution in [3.8, 4) is 11.4 Å². The molecule has 0 N–H and O–H groups in total. The molecule has 11 heteroatoms. The third-order valence-electron chi connectivity index (χ3n) is 5.73. The van der Waals surface area contributed by atoms with Gasteiger partial charge in [-0.25, -0.2) is 8.42 Å². The summed E-state index contributed by atoms with van der Waals surface area (Å²) >= 11 is 0. The van der Waals surface area contributed by atoms with E-state index in [0.717, 1.165) is 17.7 Å². The molecule has 2 heterocycles. The fourth-order valence-electron chi connectivity index (χ4n) is 4.22. The molecular weight excluding hydrogens is 481 g/mol. The molecule has 1 atom stereocenters. The molecule has 4 aromatic rings. The van der Waals surface area contributed by atoms with Gasteiger partial charge in [0, 0.05) is 6.54 Å². The van der Waals surface area contributed by atoms with Gasteiger partial charge in [0.15, 0.2) is 5.82 Å². The van der Waals surface area contributed by atoms with E-state index in [0.29, 0.717) is 17.1 Å². The van der Waals surface area contributed by atoms with E-state index in [9.17, 15) is 21.6 Å². The van der Waals surface area contributed by atoms with Gasteiger partial charge in [-0.2, -0.15) is 4.31 Å². The average molecular weight is 501 g/mol. The number of benzene rings is 3. The Hall–Kier alpha value is -3.70. The largest absolute Gasteiger partial charge is 0.573 e. The summed E-state index contributed by atoms with van der Waals surface area (Å²) in [6.07, 6.45) is -3.32. The van der Waals surface area contributed by atoms with Crippen LogP contribution in [0.25, 0.3) is 5.69 Å². The van der Waals surface area contributed by atoms with Crippen molar-refractivity contribution in [2.24, 2.45) is 0 Å². The first-order valence-corrected chi connectivity index (χ1v) is 12.1. The number of para-hydroxylation sites is 2. The molecule has 180 valence electrons. The number of rotatable bonds is 5. The Bertz CT molecular complexity index is 1460. The minimum atomic E-state index is -5.05. The van der Waals surface area contributed by atoms with Crippen LogP contribution in [-0.4, -0.2) is 33.8 Å². The van der Waals surface area contributed by atoms with Crippen molar-refractivity contribution in [2.75, 3.05) is 0 Å². The number of hydrogen-bond acceptors (Lipinski definition) is 5. The molecular formula is C24H19F3N4O3S. The highest BCUT2D eigenvalue weighted by Crippen LogP contribution is 2.39. The maximum absolute atomic E-state index is 14.0. The number of fused-ring (bicyclic) bond motifs is 3. The molecule has 0 radical (unpaired) electrons. The van der Waals surface area contributed by atoms with Crippen LogP contribution in [0.2, 0.25) is 0 Å². The second kappa shape index (κ2) is 8.82. The van der Waals surface area contributed by atoms with Crippen molar-refractivity contribution in [3.63, 3.8) is 0 Å². The average Bonchev–Trinajstić information content (AvgIpc) is 3.26. The third kappa shape index (κ3) is 4.52. The van der Waals surface area contributed by atoms with Gasteiger partial charge in [0.1, 0.15) is 17.0 Å². The Morgan fingerprint density at radius 1 is 0.943 bits per heavy atom. The van der Waals surface area contributed by atoms with Gasteiger partial charge in [0.2, 0.25) is 10.0 Å². The highest BCUT2D eigenvalue weighted by Gasteiger charge is 2.41. The normalized spacial score (nSPS) is 16.3. The summed E-state index contributed by atoms with van der Waals surface area (Å²) < 4.78 is 74.2. The van der Waals surface area contributed by atoms with Crippen LogP contribution in [0.1, 0.15) is 23.0 Å². The van der Waals surface area contributed by atoms with Gasteiger partial charge < -0.3 is 4.74 Å². The van der Waals surface area contributed by atoms with E-state index in [4.69, 9.17) is 0 Å². The Morgan fingerprint density at radius 3 is 2.40 bits per heavy atom. The Balaban J connectivity index is 1.69. The number of alkyl halides is 3. The molecule has 1 aromatic heterocycles. The van der Waals surface area contributed by atoms with Crippen molar-refractivity contribution in [1.82, 2.24) is 19.1 Å². The van der Waals surface area contributed by atoms with E-state index in [1.54, 1.807) is 16.7 Å². The number of sulfonamides is 1. The summed E-state index contributed by atoms with van der Waals surface area (Å²) in [6.45, 7) is -0.0836. The topological polar surface area (TPSA) is 77.3 Å². The van der Waals surface area contributed by atoms with Crippen molar-refractivity contribution in [2.45, 2.75) is 30.3 Å². The van der Waals surface area contributed by atoms with Crippen molar-refractivity contribution >= 4 is 10.0 Å². The molecule has 7 nitrogen and oxygen atoms in total. The smallest absolute Gasteiger partial charge is 0.404 e. The molecule has 5 rings (SSSR count). The summed E-state index contributed by atoms with van der Waals surface area (Å²) in [5.41, 5.74) is 2.18. The second-order valence-electron chi connectivity index (χ2n) is 7.94. The van der Waals surface area contributed by atoms with Crippen LogP contribution in [0.15, 0.2) is 90.1 Å². The van der Waals surface area contributed by atoms with Gasteiger partial charge in [-0.15, -0.1) is 23.4 Å². The van der Waals surface area contributed by atoms with Crippen LogP contribution < -0.4 is 4.74 Å². The zero-order chi connectivity index (χ0) is 24.6. The number of ether oxygens (including phenoxy) is 1. The zero-order valence-electron chi connectivity index (χ0n) is 18.1. The van der Waals surface area contributed by atoms with E-state index < -0.39 is 33.1 Å². The highest BCUT2D eigenvalue weighted by molar-refractivity contribution is 7.89. The summed E-state index contributed by atoms with van der Waals surface area (Å²) in [7, 11) is -4.49. The van der Waals surface area contributed by atoms with E-state index in [-0.39, 0.29) is 13.0 Å². The lowest BCUT2D eigenvalue weighted by Gasteiger charge is -2.29. The SMILES string of the molecule is O=S(=O)(c1ccccc1OC(F)(F)F)N1Cc2ccccc2-n2cnnc2C1Cc1ccccc1. The van der Waals surface area contributed by atoms with Gasteiger partial charge in [0.05, 0.1) is 11.7 Å². The van der Waals surface area contributed by atoms with Gasteiger partial charge in [0.25, 0.3) is 0 Å². The minimum absolute atomic E-state index is 0.0836. The van der Waals surface area contributed by atoms with Crippen LogP contribution in [0.5, 0.6) is 5.75 Å². The van der Waals surface area contributed by atoms with Crippen molar-refractivity contribution < 1.29 is 26.3 Å². The molecule has 0 fully saturated rings. The van der Waals surface area contributed by atoms with Crippen LogP contribution >= 0.6 is 0 Å². The lowest BCUT2D eigenvalue weighted by molar-refractivity contribution is -0.275. The third-order valence-corrected chi connectivity index (χ3v) is 7.62. The number of hydrogen-bond donors (Lipinski definition) is 0. The van der Waals surface area contributed by atoms with E-state index in [1.807, 2.05) is 42.5 Å². The first kappa shape index (κ1) is 23.1. The Kier molecular flexibility index (Phi) is 5.81. The molecule has 35 heavy (non-hydrogen) atoms. The maximum Gasteiger partial charge on any atom is 0.573 e. The van der Waals surface area contributed by atoms with Gasteiger partial charge in [-0.05, 0) is 35.7 Å². The van der Waals surface area contributed by atoms with E-state index in [2.05, 4.69) is 14.9 Å². The summed E-state index contributed by atoms with van der Waals surface area (Å²) in [4.78, 5) is -0.583. The van der Waals surface area contributed by atoms with Crippen LogP contribution in [0.4, 0.5) is 13.2 Å². The van der Waals surface area contributed by atoms with E-state index >= 15 is 0 Å². The fourth-order valence-corrected chi connectivity index (χ4v) is 5.90. The molecule has 0 saturated carbocycles. The first-order valence-electron chi connectivity index (χ1n) is 10.6. The van der Waals surface area contributed by atoms with Gasteiger partial charge >= 0.3 is 6.36 Å².